The first-order valence-corrected chi connectivity index (χ1v) is 9.08. The lowest BCUT2D eigenvalue weighted by molar-refractivity contribution is -0.111. The summed E-state index contributed by atoms with van der Waals surface area (Å²) in [7, 11) is 0. The summed E-state index contributed by atoms with van der Waals surface area (Å²) in [4.78, 5) is 12.0. The number of carbonyl (C=O) groups excluding carboxylic acids is 1. The van der Waals surface area contributed by atoms with Gasteiger partial charge in [0.15, 0.2) is 0 Å². The van der Waals surface area contributed by atoms with Crippen LogP contribution in [0, 0.1) is 5.92 Å². The quantitative estimate of drug-likeness (QED) is 0.386. The maximum atomic E-state index is 12.0. The van der Waals surface area contributed by atoms with Gasteiger partial charge in [-0.25, -0.2) is 0 Å². The lowest BCUT2D eigenvalue weighted by atomic mass is 9.96. The van der Waals surface area contributed by atoms with Gasteiger partial charge in [-0.15, -0.1) is 0 Å². The molecule has 0 fully saturated rings. The van der Waals surface area contributed by atoms with Gasteiger partial charge < -0.3 is 21.3 Å². The topological polar surface area (TPSA) is 95.6 Å². The standard InChI is InChI=1S/C18H18Br2N2O3/c1-10(17(24)12-8-11(19)9-13(20)18(12)25)6-7-16(23)22-15-5-3-2-4-14(15)21/h2-10,17,24-25H,21H2,1H3,(H,22,23)/b7-6+/t10-,17+/m0/s1. The first-order chi connectivity index (χ1) is 11.8. The van der Waals surface area contributed by atoms with Crippen molar-refractivity contribution in [1.29, 1.82) is 0 Å². The van der Waals surface area contributed by atoms with Crippen molar-refractivity contribution in [2.24, 2.45) is 5.92 Å². The predicted octanol–water partition coefficient (Wildman–Crippen LogP) is 4.36. The normalized spacial score (nSPS) is 13.6. The number of rotatable bonds is 5. The summed E-state index contributed by atoms with van der Waals surface area (Å²) in [5, 5.41) is 23.2. The van der Waals surface area contributed by atoms with E-state index in [0.29, 0.717) is 21.4 Å². The number of nitrogens with two attached hydrogens (primary N) is 1. The molecule has 0 spiro atoms. The van der Waals surface area contributed by atoms with Gasteiger partial charge in [0.2, 0.25) is 5.91 Å². The van der Waals surface area contributed by atoms with E-state index in [4.69, 9.17) is 5.73 Å². The molecule has 0 radical (unpaired) electrons. The molecule has 5 N–H and O–H groups in total. The lowest BCUT2D eigenvalue weighted by Gasteiger charge is -2.18. The average molecular weight is 470 g/mol. The number of carbonyl (C=O) groups is 1. The van der Waals surface area contributed by atoms with Gasteiger partial charge in [-0.05, 0) is 46.3 Å². The van der Waals surface area contributed by atoms with Crippen molar-refractivity contribution in [3.8, 4) is 5.75 Å². The van der Waals surface area contributed by atoms with Crippen molar-refractivity contribution in [2.75, 3.05) is 11.1 Å². The highest BCUT2D eigenvalue weighted by atomic mass is 79.9. The number of para-hydroxylation sites is 2. The third-order valence-corrected chi connectivity index (χ3v) is 4.71. The first kappa shape index (κ1) is 19.5. The molecule has 0 saturated heterocycles. The van der Waals surface area contributed by atoms with Crippen LogP contribution in [0.1, 0.15) is 18.6 Å². The van der Waals surface area contributed by atoms with E-state index in [1.54, 1.807) is 49.4 Å². The largest absolute Gasteiger partial charge is 0.506 e. The van der Waals surface area contributed by atoms with E-state index >= 15 is 0 Å². The van der Waals surface area contributed by atoms with Gasteiger partial charge >= 0.3 is 0 Å². The molecular weight excluding hydrogens is 452 g/mol. The average Bonchev–Trinajstić information content (AvgIpc) is 2.57. The molecule has 0 saturated carbocycles. The van der Waals surface area contributed by atoms with E-state index in [1.807, 2.05) is 0 Å². The zero-order chi connectivity index (χ0) is 18.6. The molecule has 2 aromatic carbocycles. The van der Waals surface area contributed by atoms with Gasteiger partial charge in [0, 0.05) is 16.0 Å². The highest BCUT2D eigenvalue weighted by Crippen LogP contribution is 2.37. The molecule has 7 heteroatoms. The third-order valence-electron chi connectivity index (χ3n) is 3.64. The Bertz CT molecular complexity index is 809. The molecule has 0 aliphatic heterocycles. The predicted molar refractivity (Wildman–Crippen MR) is 106 cm³/mol. The van der Waals surface area contributed by atoms with Crippen LogP contribution >= 0.6 is 31.9 Å². The number of aliphatic hydroxyl groups is 1. The summed E-state index contributed by atoms with van der Waals surface area (Å²) < 4.78 is 1.20. The summed E-state index contributed by atoms with van der Waals surface area (Å²) in [5.41, 5.74) is 7.15. The number of phenols is 1. The zero-order valence-electron chi connectivity index (χ0n) is 13.4. The van der Waals surface area contributed by atoms with E-state index in [9.17, 15) is 15.0 Å². The molecule has 25 heavy (non-hydrogen) atoms. The Morgan fingerprint density at radius 3 is 2.64 bits per heavy atom. The summed E-state index contributed by atoms with van der Waals surface area (Å²) in [6.07, 6.45) is 1.94. The molecule has 0 bridgehead atoms. The van der Waals surface area contributed by atoms with Crippen LogP contribution in [0.25, 0.3) is 0 Å². The Hall–Kier alpha value is -1.83. The Balaban J connectivity index is 2.08. The van der Waals surface area contributed by atoms with Gasteiger partial charge in [0.05, 0.1) is 22.0 Å². The van der Waals surface area contributed by atoms with Crippen molar-refractivity contribution in [3.05, 3.63) is 63.1 Å². The van der Waals surface area contributed by atoms with Crippen molar-refractivity contribution in [1.82, 2.24) is 0 Å². The number of aliphatic hydroxyl groups excluding tert-OH is 1. The number of amides is 1. The maximum Gasteiger partial charge on any atom is 0.248 e. The van der Waals surface area contributed by atoms with Gasteiger partial charge in [-0.2, -0.15) is 0 Å². The van der Waals surface area contributed by atoms with Gasteiger partial charge in [0.25, 0.3) is 0 Å². The zero-order valence-corrected chi connectivity index (χ0v) is 16.6. The molecule has 0 aromatic heterocycles. The number of hydrogen-bond acceptors (Lipinski definition) is 4. The minimum atomic E-state index is -0.973. The molecule has 0 aliphatic carbocycles. The molecule has 2 atom stereocenters. The van der Waals surface area contributed by atoms with Crippen LogP contribution in [0.15, 0.2) is 57.5 Å². The molecule has 5 nitrogen and oxygen atoms in total. The van der Waals surface area contributed by atoms with Crippen LogP contribution in [0.4, 0.5) is 11.4 Å². The number of nitrogen functional groups attached to an aromatic ring is 1. The number of halogens is 2. The molecule has 2 rings (SSSR count). The number of aromatic hydroxyl groups is 1. The molecule has 0 unspecified atom stereocenters. The van der Waals surface area contributed by atoms with Crippen LogP contribution in [-0.4, -0.2) is 16.1 Å². The fraction of sp³-hybridized carbons (Fsp3) is 0.167. The summed E-state index contributed by atoms with van der Waals surface area (Å²) in [6, 6.07) is 10.3. The number of nitrogens with one attached hydrogen (secondary N) is 1. The maximum absolute atomic E-state index is 12.0. The SMILES string of the molecule is C[C@@H](/C=C/C(=O)Nc1ccccc1N)[C@@H](O)c1cc(Br)cc(Br)c1O. The van der Waals surface area contributed by atoms with Crippen molar-refractivity contribution >= 4 is 49.1 Å². The minimum Gasteiger partial charge on any atom is -0.506 e. The Labute approximate surface area is 162 Å². The van der Waals surface area contributed by atoms with Crippen LogP contribution in [-0.2, 0) is 4.79 Å². The van der Waals surface area contributed by atoms with Gasteiger partial charge in [-0.1, -0.05) is 41.1 Å². The van der Waals surface area contributed by atoms with Gasteiger partial charge in [-0.3, -0.25) is 4.79 Å². The van der Waals surface area contributed by atoms with E-state index in [1.165, 1.54) is 6.08 Å². The molecule has 0 heterocycles. The molecule has 132 valence electrons. The smallest absolute Gasteiger partial charge is 0.248 e. The Morgan fingerprint density at radius 2 is 1.96 bits per heavy atom. The monoisotopic (exact) mass is 468 g/mol. The van der Waals surface area contributed by atoms with Crippen LogP contribution < -0.4 is 11.1 Å². The van der Waals surface area contributed by atoms with E-state index < -0.39 is 12.0 Å². The highest BCUT2D eigenvalue weighted by molar-refractivity contribution is 9.11. The van der Waals surface area contributed by atoms with E-state index in [0.717, 1.165) is 4.47 Å². The van der Waals surface area contributed by atoms with Crippen LogP contribution in [0.3, 0.4) is 0 Å². The van der Waals surface area contributed by atoms with E-state index in [-0.39, 0.29) is 11.7 Å². The van der Waals surface area contributed by atoms with Crippen molar-refractivity contribution in [3.63, 3.8) is 0 Å². The first-order valence-electron chi connectivity index (χ1n) is 7.49. The second-order valence-corrected chi connectivity index (χ2v) is 7.34. The highest BCUT2D eigenvalue weighted by Gasteiger charge is 2.20. The van der Waals surface area contributed by atoms with Crippen LogP contribution in [0.5, 0.6) is 5.75 Å². The fourth-order valence-electron chi connectivity index (χ4n) is 2.22. The van der Waals surface area contributed by atoms with Crippen molar-refractivity contribution < 1.29 is 15.0 Å². The summed E-state index contributed by atoms with van der Waals surface area (Å²) >= 11 is 6.56. The van der Waals surface area contributed by atoms with Crippen LogP contribution in [0.2, 0.25) is 0 Å². The molecule has 0 aliphatic rings. The molecule has 2 aromatic rings. The summed E-state index contributed by atoms with van der Waals surface area (Å²) in [5.74, 6) is -0.778. The number of phenolic OH excluding ortho intramolecular Hbond substituents is 1. The molecule has 1 amide bonds. The second kappa shape index (κ2) is 8.51. The minimum absolute atomic E-state index is 0.0301. The molecular formula is C18H18Br2N2O3. The Kier molecular flexibility index (Phi) is 6.64. The fourth-order valence-corrected chi connectivity index (χ4v) is 3.48. The van der Waals surface area contributed by atoms with Gasteiger partial charge in [0.1, 0.15) is 5.75 Å². The van der Waals surface area contributed by atoms with Crippen molar-refractivity contribution in [2.45, 2.75) is 13.0 Å². The number of benzene rings is 2. The number of hydrogen-bond donors (Lipinski definition) is 4. The lowest BCUT2D eigenvalue weighted by Crippen LogP contribution is -2.12. The Morgan fingerprint density at radius 1 is 1.28 bits per heavy atom. The van der Waals surface area contributed by atoms with E-state index in [2.05, 4.69) is 37.2 Å². The summed E-state index contributed by atoms with van der Waals surface area (Å²) in [6.45, 7) is 1.75. The third kappa shape index (κ3) is 5.07. The number of anilines is 2. The second-order valence-electron chi connectivity index (χ2n) is 5.57.